The molecule has 1 aromatic carbocycles. The van der Waals surface area contributed by atoms with Gasteiger partial charge in [-0.15, -0.1) is 6.58 Å². The maximum Gasteiger partial charge on any atom is 0.243 e. The Morgan fingerprint density at radius 2 is 1.91 bits per heavy atom. The van der Waals surface area contributed by atoms with E-state index in [4.69, 9.17) is 5.73 Å². The Balaban J connectivity index is 2.90. The Hall–Kier alpha value is -2.70. The van der Waals surface area contributed by atoms with E-state index >= 15 is 0 Å². The molecule has 23 heavy (non-hydrogen) atoms. The SMILES string of the molecule is C=CC[C@H](NC(=O)[C@@H](Cc1ccccc1F)NC(C)=O)C(N)=O. The van der Waals surface area contributed by atoms with Gasteiger partial charge in [0.05, 0.1) is 0 Å². The van der Waals surface area contributed by atoms with Crippen LogP contribution in [-0.4, -0.2) is 29.8 Å². The first-order chi connectivity index (χ1) is 10.8. The molecule has 2 atom stereocenters. The fourth-order valence-corrected chi connectivity index (χ4v) is 2.02. The summed E-state index contributed by atoms with van der Waals surface area (Å²) in [4.78, 5) is 34.9. The van der Waals surface area contributed by atoms with Crippen LogP contribution in [0, 0.1) is 5.82 Å². The van der Waals surface area contributed by atoms with Crippen LogP contribution in [0.4, 0.5) is 4.39 Å². The Labute approximate surface area is 133 Å². The topological polar surface area (TPSA) is 101 Å². The molecular weight excluding hydrogens is 301 g/mol. The molecule has 6 nitrogen and oxygen atoms in total. The van der Waals surface area contributed by atoms with E-state index in [-0.39, 0.29) is 18.4 Å². The highest BCUT2D eigenvalue weighted by atomic mass is 19.1. The fourth-order valence-electron chi connectivity index (χ4n) is 2.02. The average Bonchev–Trinajstić information content (AvgIpc) is 2.47. The van der Waals surface area contributed by atoms with Crippen molar-refractivity contribution in [3.05, 3.63) is 48.3 Å². The second-order valence-corrected chi connectivity index (χ2v) is 5.04. The van der Waals surface area contributed by atoms with Crippen molar-refractivity contribution in [1.29, 1.82) is 0 Å². The third-order valence-electron chi connectivity index (χ3n) is 3.14. The maximum absolute atomic E-state index is 13.7. The van der Waals surface area contributed by atoms with Crippen molar-refractivity contribution in [3.8, 4) is 0 Å². The molecule has 0 bridgehead atoms. The zero-order chi connectivity index (χ0) is 17.4. The third kappa shape index (κ3) is 5.90. The number of nitrogens with one attached hydrogen (secondary N) is 2. The van der Waals surface area contributed by atoms with Gasteiger partial charge in [-0.1, -0.05) is 24.3 Å². The van der Waals surface area contributed by atoms with Gasteiger partial charge in [0.1, 0.15) is 17.9 Å². The number of halogens is 1. The molecule has 0 heterocycles. The molecule has 0 aliphatic carbocycles. The molecule has 1 aromatic rings. The van der Waals surface area contributed by atoms with Crippen molar-refractivity contribution in [2.24, 2.45) is 5.73 Å². The van der Waals surface area contributed by atoms with Gasteiger partial charge < -0.3 is 16.4 Å². The van der Waals surface area contributed by atoms with Crippen molar-refractivity contribution in [2.75, 3.05) is 0 Å². The van der Waals surface area contributed by atoms with Crippen LogP contribution in [-0.2, 0) is 20.8 Å². The van der Waals surface area contributed by atoms with Crippen LogP contribution in [0.3, 0.4) is 0 Å². The molecule has 0 aromatic heterocycles. The summed E-state index contributed by atoms with van der Waals surface area (Å²) in [5.41, 5.74) is 5.48. The highest BCUT2D eigenvalue weighted by Crippen LogP contribution is 2.10. The summed E-state index contributed by atoms with van der Waals surface area (Å²) >= 11 is 0. The van der Waals surface area contributed by atoms with Crippen LogP contribution in [0.15, 0.2) is 36.9 Å². The van der Waals surface area contributed by atoms with Crippen molar-refractivity contribution in [2.45, 2.75) is 31.8 Å². The number of carbonyl (C=O) groups excluding carboxylic acids is 3. The summed E-state index contributed by atoms with van der Waals surface area (Å²) in [5.74, 6) is -2.26. The van der Waals surface area contributed by atoms with Crippen LogP contribution < -0.4 is 16.4 Å². The number of amides is 3. The van der Waals surface area contributed by atoms with Crippen LogP contribution in [0.25, 0.3) is 0 Å². The molecule has 4 N–H and O–H groups in total. The van der Waals surface area contributed by atoms with Crippen molar-refractivity contribution >= 4 is 17.7 Å². The molecular formula is C16H20FN3O3. The molecule has 1 rings (SSSR count). The van der Waals surface area contributed by atoms with E-state index in [0.29, 0.717) is 0 Å². The van der Waals surface area contributed by atoms with Crippen LogP contribution in [0.5, 0.6) is 0 Å². The molecule has 124 valence electrons. The highest BCUT2D eigenvalue weighted by molar-refractivity contribution is 5.91. The number of rotatable bonds is 8. The predicted molar refractivity (Wildman–Crippen MR) is 83.6 cm³/mol. The van der Waals surface area contributed by atoms with Gasteiger partial charge in [0, 0.05) is 13.3 Å². The number of primary amides is 1. The van der Waals surface area contributed by atoms with Crippen molar-refractivity contribution < 1.29 is 18.8 Å². The Morgan fingerprint density at radius 3 is 2.43 bits per heavy atom. The van der Waals surface area contributed by atoms with E-state index in [2.05, 4.69) is 17.2 Å². The van der Waals surface area contributed by atoms with Gasteiger partial charge >= 0.3 is 0 Å². The first-order valence-electron chi connectivity index (χ1n) is 7.06. The van der Waals surface area contributed by atoms with Crippen molar-refractivity contribution in [1.82, 2.24) is 10.6 Å². The molecule has 7 heteroatoms. The van der Waals surface area contributed by atoms with E-state index in [1.54, 1.807) is 6.07 Å². The minimum atomic E-state index is -1.02. The summed E-state index contributed by atoms with van der Waals surface area (Å²) in [7, 11) is 0. The van der Waals surface area contributed by atoms with Crippen molar-refractivity contribution in [3.63, 3.8) is 0 Å². The molecule has 0 spiro atoms. The standard InChI is InChI=1S/C16H20FN3O3/c1-3-6-13(15(18)22)20-16(23)14(19-10(2)21)9-11-7-4-5-8-12(11)17/h3-5,7-8,13-14H,1,6,9H2,2H3,(H2,18,22)(H,19,21)(H,20,23)/t13-,14+/m0/s1. The van der Waals surface area contributed by atoms with Gasteiger partial charge in [-0.25, -0.2) is 4.39 Å². The molecule has 0 saturated carbocycles. The number of hydrogen-bond acceptors (Lipinski definition) is 3. The fraction of sp³-hybridized carbons (Fsp3) is 0.312. The van der Waals surface area contributed by atoms with E-state index < -0.39 is 35.6 Å². The monoisotopic (exact) mass is 321 g/mol. The minimum Gasteiger partial charge on any atom is -0.368 e. The predicted octanol–water partition coefficient (Wildman–Crippen LogP) is 0.419. The zero-order valence-corrected chi connectivity index (χ0v) is 12.8. The smallest absolute Gasteiger partial charge is 0.243 e. The van der Waals surface area contributed by atoms with Crippen LogP contribution in [0.1, 0.15) is 18.9 Å². The van der Waals surface area contributed by atoms with Gasteiger partial charge in [-0.2, -0.15) is 0 Å². The summed E-state index contributed by atoms with van der Waals surface area (Å²) in [6.45, 7) is 4.73. The maximum atomic E-state index is 13.7. The van der Waals surface area contributed by atoms with Gasteiger partial charge in [-0.3, -0.25) is 14.4 Å². The summed E-state index contributed by atoms with van der Waals surface area (Å²) in [6, 6.07) is 3.99. The second-order valence-electron chi connectivity index (χ2n) is 5.04. The van der Waals surface area contributed by atoms with Crippen LogP contribution >= 0.6 is 0 Å². The number of benzene rings is 1. The lowest BCUT2D eigenvalue weighted by Gasteiger charge is -2.21. The Morgan fingerprint density at radius 1 is 1.26 bits per heavy atom. The molecule has 0 radical (unpaired) electrons. The van der Waals surface area contributed by atoms with E-state index in [9.17, 15) is 18.8 Å². The quantitative estimate of drug-likeness (QED) is 0.605. The first-order valence-corrected chi connectivity index (χ1v) is 7.06. The summed E-state index contributed by atoms with van der Waals surface area (Å²) in [6.07, 6.45) is 1.56. The van der Waals surface area contributed by atoms with Gasteiger partial charge in [0.25, 0.3) is 0 Å². The lowest BCUT2D eigenvalue weighted by molar-refractivity contribution is -0.130. The molecule has 0 saturated heterocycles. The average molecular weight is 321 g/mol. The number of hydrogen-bond donors (Lipinski definition) is 3. The number of nitrogens with two attached hydrogens (primary N) is 1. The Bertz CT molecular complexity index is 604. The minimum absolute atomic E-state index is 0.0440. The third-order valence-corrected chi connectivity index (χ3v) is 3.14. The second kappa shape index (κ2) is 8.67. The molecule has 3 amide bonds. The van der Waals surface area contributed by atoms with Crippen LogP contribution in [0.2, 0.25) is 0 Å². The molecule has 0 aliphatic rings. The largest absolute Gasteiger partial charge is 0.368 e. The molecule has 0 fully saturated rings. The van der Waals surface area contributed by atoms with E-state index in [1.807, 2.05) is 0 Å². The normalized spacial score (nSPS) is 12.8. The Kier molecular flexibility index (Phi) is 6.92. The first kappa shape index (κ1) is 18.3. The summed E-state index contributed by atoms with van der Waals surface area (Å²) in [5, 5.41) is 4.89. The number of carbonyl (C=O) groups is 3. The van der Waals surface area contributed by atoms with E-state index in [1.165, 1.54) is 31.2 Å². The lowest BCUT2D eigenvalue weighted by Crippen LogP contribution is -2.53. The van der Waals surface area contributed by atoms with Gasteiger partial charge in [0.15, 0.2) is 0 Å². The zero-order valence-electron chi connectivity index (χ0n) is 12.8. The van der Waals surface area contributed by atoms with Gasteiger partial charge in [0.2, 0.25) is 17.7 Å². The van der Waals surface area contributed by atoms with Gasteiger partial charge in [-0.05, 0) is 18.1 Å². The molecule has 0 aliphatic heterocycles. The van der Waals surface area contributed by atoms with E-state index in [0.717, 1.165) is 0 Å². The lowest BCUT2D eigenvalue weighted by atomic mass is 10.0. The summed E-state index contributed by atoms with van der Waals surface area (Å²) < 4.78 is 13.7. The highest BCUT2D eigenvalue weighted by Gasteiger charge is 2.25. The molecule has 0 unspecified atom stereocenters.